The maximum absolute atomic E-state index is 4.11. The highest BCUT2D eigenvalue weighted by Gasteiger charge is 2.28. The molecule has 1 aliphatic heterocycles. The predicted octanol–water partition coefficient (Wildman–Crippen LogP) is 3.08. The van der Waals surface area contributed by atoms with E-state index in [0.29, 0.717) is 6.85 Å². The van der Waals surface area contributed by atoms with Crippen LogP contribution in [-0.4, -0.2) is 25.8 Å². The number of nitrogens with zero attached hydrogens (tertiary/aromatic N) is 1. The Bertz CT molecular complexity index is 258. The topological polar surface area (TPSA) is 3.24 Å². The first-order valence-corrected chi connectivity index (χ1v) is 5.36. The molecule has 0 aromatic rings. The second kappa shape index (κ2) is 3.94. The molecule has 0 unspecified atom stereocenters. The van der Waals surface area contributed by atoms with Gasteiger partial charge in [-0.15, -0.1) is 0 Å². The molecule has 1 heterocycles. The van der Waals surface area contributed by atoms with Crippen molar-refractivity contribution in [3.63, 3.8) is 0 Å². The summed E-state index contributed by atoms with van der Waals surface area (Å²) in [5.74, 6) is 0. The zero-order valence-corrected chi connectivity index (χ0v) is 10.2. The monoisotopic (exact) mass is 191 g/mol. The van der Waals surface area contributed by atoms with Crippen LogP contribution in [0.2, 0.25) is 12.6 Å². The molecule has 1 aliphatic rings. The average molecular weight is 191 g/mol. The van der Waals surface area contributed by atoms with Gasteiger partial charge in [-0.2, -0.15) is 0 Å². The van der Waals surface area contributed by atoms with Crippen molar-refractivity contribution in [1.29, 1.82) is 0 Å². The molecule has 0 atom stereocenters. The lowest BCUT2D eigenvalue weighted by Crippen LogP contribution is -2.36. The molecule has 14 heavy (non-hydrogen) atoms. The van der Waals surface area contributed by atoms with Crippen LogP contribution in [0.25, 0.3) is 0 Å². The highest BCUT2D eigenvalue weighted by Crippen LogP contribution is 2.35. The summed E-state index contributed by atoms with van der Waals surface area (Å²) in [5.41, 5.74) is 3.10. The van der Waals surface area contributed by atoms with Gasteiger partial charge in [0.05, 0.1) is 0 Å². The van der Waals surface area contributed by atoms with E-state index in [1.54, 1.807) is 0 Å². The minimum atomic E-state index is 0.289. The van der Waals surface area contributed by atoms with E-state index in [9.17, 15) is 0 Å². The molecule has 0 aromatic heterocycles. The molecule has 0 fully saturated rings. The van der Waals surface area contributed by atoms with Crippen LogP contribution < -0.4 is 0 Å². The molecule has 0 bridgehead atoms. The summed E-state index contributed by atoms with van der Waals surface area (Å²) in [7, 11) is 4.31. The summed E-state index contributed by atoms with van der Waals surface area (Å²) in [6.07, 6.45) is 4.60. The van der Waals surface area contributed by atoms with E-state index < -0.39 is 0 Å². The standard InChI is InChI=1S/C12H22BN/c1-10-7-11(12(2,3)4)9-13(8-10)14(5)6/h7H,1,8-9H2,2-6H3. The Morgan fingerprint density at radius 1 is 1.29 bits per heavy atom. The maximum atomic E-state index is 4.11. The smallest absolute Gasteiger partial charge is 0.231 e. The Balaban J connectivity index is 2.84. The van der Waals surface area contributed by atoms with Gasteiger partial charge in [-0.1, -0.05) is 44.6 Å². The van der Waals surface area contributed by atoms with E-state index >= 15 is 0 Å². The first-order valence-electron chi connectivity index (χ1n) is 5.36. The lowest BCUT2D eigenvalue weighted by molar-refractivity contribution is 0.496. The molecule has 1 rings (SSSR count). The van der Waals surface area contributed by atoms with E-state index in [1.807, 2.05) is 0 Å². The third-order valence-electron chi connectivity index (χ3n) is 3.03. The second-order valence-electron chi connectivity index (χ2n) is 5.60. The van der Waals surface area contributed by atoms with Crippen LogP contribution in [0.1, 0.15) is 20.8 Å². The quantitative estimate of drug-likeness (QED) is 0.575. The zero-order valence-electron chi connectivity index (χ0n) is 10.2. The summed E-state index contributed by atoms with van der Waals surface area (Å²) >= 11 is 0. The van der Waals surface area contributed by atoms with Crippen LogP contribution >= 0.6 is 0 Å². The third kappa shape index (κ3) is 2.75. The van der Waals surface area contributed by atoms with Crippen LogP contribution in [0.5, 0.6) is 0 Å². The van der Waals surface area contributed by atoms with E-state index in [0.717, 1.165) is 6.32 Å². The molecule has 0 saturated carbocycles. The van der Waals surface area contributed by atoms with Crippen LogP contribution in [0.4, 0.5) is 0 Å². The second-order valence-corrected chi connectivity index (χ2v) is 5.60. The van der Waals surface area contributed by atoms with Crippen LogP contribution in [-0.2, 0) is 0 Å². The normalized spacial score (nSPS) is 18.9. The van der Waals surface area contributed by atoms with Gasteiger partial charge in [-0.25, -0.2) is 0 Å². The van der Waals surface area contributed by atoms with Crippen molar-refractivity contribution in [1.82, 2.24) is 4.81 Å². The van der Waals surface area contributed by atoms with Crippen molar-refractivity contribution in [2.24, 2.45) is 5.41 Å². The van der Waals surface area contributed by atoms with E-state index in [-0.39, 0.29) is 5.41 Å². The fraction of sp³-hybridized carbons (Fsp3) is 0.667. The molecule has 0 amide bonds. The Labute approximate surface area is 89.0 Å². The molecule has 0 radical (unpaired) electrons. The molecule has 78 valence electrons. The van der Waals surface area contributed by atoms with Gasteiger partial charge >= 0.3 is 0 Å². The van der Waals surface area contributed by atoms with Crippen molar-refractivity contribution in [2.75, 3.05) is 14.1 Å². The first kappa shape index (κ1) is 11.6. The number of hydrogen-bond donors (Lipinski definition) is 0. The fourth-order valence-corrected chi connectivity index (χ4v) is 1.88. The Morgan fingerprint density at radius 2 is 1.86 bits per heavy atom. The van der Waals surface area contributed by atoms with Crippen LogP contribution in [0.15, 0.2) is 23.8 Å². The van der Waals surface area contributed by atoms with Crippen molar-refractivity contribution in [3.8, 4) is 0 Å². The van der Waals surface area contributed by atoms with Gasteiger partial charge in [0.15, 0.2) is 0 Å². The summed E-state index contributed by atoms with van der Waals surface area (Å²) in [4.78, 5) is 2.31. The van der Waals surface area contributed by atoms with Gasteiger partial charge in [0, 0.05) is 0 Å². The van der Waals surface area contributed by atoms with Gasteiger partial charge in [-0.3, -0.25) is 0 Å². The highest BCUT2D eigenvalue weighted by molar-refractivity contribution is 6.57. The summed E-state index contributed by atoms with van der Waals surface area (Å²) in [6.45, 7) is 11.6. The predicted molar refractivity (Wildman–Crippen MR) is 65.7 cm³/mol. The van der Waals surface area contributed by atoms with Crippen LogP contribution in [0.3, 0.4) is 0 Å². The lowest BCUT2D eigenvalue weighted by atomic mass is 9.47. The molecule has 0 N–H and O–H groups in total. The van der Waals surface area contributed by atoms with Crippen LogP contribution in [0, 0.1) is 5.41 Å². The molecule has 0 spiro atoms. The molecule has 1 nitrogen and oxygen atoms in total. The maximum Gasteiger partial charge on any atom is 0.231 e. The minimum Gasteiger partial charge on any atom is -0.347 e. The van der Waals surface area contributed by atoms with E-state index in [2.05, 4.69) is 52.3 Å². The van der Waals surface area contributed by atoms with Crippen molar-refractivity contribution in [2.45, 2.75) is 33.4 Å². The largest absolute Gasteiger partial charge is 0.347 e. The molecule has 2 heteroatoms. The highest BCUT2D eigenvalue weighted by atomic mass is 15.0. The van der Waals surface area contributed by atoms with Crippen molar-refractivity contribution >= 4 is 6.85 Å². The average Bonchev–Trinajstić information content (AvgIpc) is 2.01. The van der Waals surface area contributed by atoms with Gasteiger partial charge < -0.3 is 4.81 Å². The molecular weight excluding hydrogens is 169 g/mol. The Kier molecular flexibility index (Phi) is 3.26. The first-order chi connectivity index (χ1) is 6.30. The summed E-state index contributed by atoms with van der Waals surface area (Å²) in [5, 5.41) is 0. The summed E-state index contributed by atoms with van der Waals surface area (Å²) in [6, 6.07) is 0. The number of rotatable bonds is 1. The number of hydrogen-bond acceptors (Lipinski definition) is 1. The molecule has 0 aliphatic carbocycles. The van der Waals surface area contributed by atoms with Gasteiger partial charge in [0.1, 0.15) is 0 Å². The third-order valence-corrected chi connectivity index (χ3v) is 3.03. The lowest BCUT2D eigenvalue weighted by Gasteiger charge is -2.32. The van der Waals surface area contributed by atoms with Gasteiger partial charge in [0.2, 0.25) is 6.85 Å². The number of allylic oxidation sites excluding steroid dienone is 3. The van der Waals surface area contributed by atoms with Crippen molar-refractivity contribution < 1.29 is 0 Å². The zero-order chi connectivity index (χ0) is 10.9. The van der Waals surface area contributed by atoms with E-state index in [1.165, 1.54) is 17.5 Å². The summed E-state index contributed by atoms with van der Waals surface area (Å²) < 4.78 is 0. The van der Waals surface area contributed by atoms with Crippen molar-refractivity contribution in [3.05, 3.63) is 23.8 Å². The Hall–Kier alpha value is -0.495. The Morgan fingerprint density at radius 3 is 2.29 bits per heavy atom. The van der Waals surface area contributed by atoms with E-state index in [4.69, 9.17) is 0 Å². The molecule has 0 saturated heterocycles. The SMILES string of the molecule is C=C1C=C(C(C)(C)C)CB(N(C)C)C1. The fourth-order valence-electron chi connectivity index (χ4n) is 1.88. The molecule has 0 aromatic carbocycles. The van der Waals surface area contributed by atoms with Gasteiger partial charge in [-0.05, 0) is 32.2 Å². The van der Waals surface area contributed by atoms with Gasteiger partial charge in [0.25, 0.3) is 0 Å². The molecular formula is C12H22BN. The minimum absolute atomic E-state index is 0.289.